The molecular formula is C35H37NO13. The summed E-state index contributed by atoms with van der Waals surface area (Å²) in [6.07, 6.45) is 3.19. The Bertz CT molecular complexity index is 1700. The van der Waals surface area contributed by atoms with E-state index in [0.29, 0.717) is 6.42 Å². The highest BCUT2D eigenvalue weighted by molar-refractivity contribution is 5.90. The first-order valence-corrected chi connectivity index (χ1v) is 15.9. The molecule has 14 heteroatoms. The number of furan rings is 2. The molecule has 8 atom stereocenters. The minimum absolute atomic E-state index is 0.0811. The van der Waals surface area contributed by atoms with Gasteiger partial charge in [0, 0.05) is 26.2 Å². The summed E-state index contributed by atoms with van der Waals surface area (Å²) in [4.78, 5) is 70.9. The van der Waals surface area contributed by atoms with Crippen LogP contribution in [0.4, 0.5) is 0 Å². The number of aromatic nitrogens is 1. The predicted octanol–water partition coefficient (Wildman–Crippen LogP) is 4.33. The average Bonchev–Trinajstić information content (AvgIpc) is 3.82. The molecule has 0 N–H and O–H groups in total. The number of ether oxygens (including phenoxy) is 6. The number of carbonyl (C=O) groups excluding carboxylic acids is 5. The Labute approximate surface area is 281 Å². The number of pyridine rings is 1. The third kappa shape index (κ3) is 5.67. The van der Waals surface area contributed by atoms with Crippen LogP contribution in [0.3, 0.4) is 0 Å². The number of carbonyl (C=O) groups is 5. The zero-order valence-electron chi connectivity index (χ0n) is 27.6. The van der Waals surface area contributed by atoms with E-state index in [1.54, 1.807) is 19.9 Å². The van der Waals surface area contributed by atoms with Crippen LogP contribution in [-0.4, -0.2) is 77.1 Å². The summed E-state index contributed by atoms with van der Waals surface area (Å²) in [5.41, 5.74) is -4.40. The highest BCUT2D eigenvalue weighted by atomic mass is 16.6. The Balaban J connectivity index is 1.61. The van der Waals surface area contributed by atoms with Crippen LogP contribution in [-0.2, 0) is 38.0 Å². The van der Waals surface area contributed by atoms with Crippen molar-refractivity contribution in [3.05, 3.63) is 78.4 Å². The SMILES string of the molecule is CC(=O)OC[C@@]12[C@@H](OC(=O)c3ccoc3)CC[C@@H](C)[C@]13OC(C)(C)[C@H]([C@@H](OC(C)=O)[C@H]2OC(=O)c1cccnc1)[C@H]3OC(=O)c1ccoc1. The monoisotopic (exact) mass is 679 g/mol. The number of hydrogen-bond donors (Lipinski definition) is 0. The van der Waals surface area contributed by atoms with Gasteiger partial charge in [0.1, 0.15) is 48.5 Å². The second-order valence-electron chi connectivity index (χ2n) is 13.2. The van der Waals surface area contributed by atoms with E-state index >= 15 is 0 Å². The molecule has 0 radical (unpaired) electrons. The average molecular weight is 680 g/mol. The fraction of sp³-hybridized carbons (Fsp3) is 0.486. The van der Waals surface area contributed by atoms with Crippen LogP contribution in [0.5, 0.6) is 0 Å². The number of nitrogens with zero attached hydrogens (tertiary/aromatic N) is 1. The van der Waals surface area contributed by atoms with Gasteiger partial charge in [-0.05, 0) is 56.9 Å². The maximum Gasteiger partial charge on any atom is 0.341 e. The maximum atomic E-state index is 13.9. The Kier molecular flexibility index (Phi) is 8.86. The lowest BCUT2D eigenvalue weighted by molar-refractivity contribution is -0.309. The first-order chi connectivity index (χ1) is 23.3. The molecule has 49 heavy (non-hydrogen) atoms. The minimum Gasteiger partial charge on any atom is -0.472 e. The highest BCUT2D eigenvalue weighted by Crippen LogP contribution is 2.68. The van der Waals surface area contributed by atoms with Crippen molar-refractivity contribution in [1.29, 1.82) is 0 Å². The summed E-state index contributed by atoms with van der Waals surface area (Å²) in [6.45, 7) is 7.22. The van der Waals surface area contributed by atoms with Gasteiger partial charge in [0.05, 0.1) is 40.7 Å². The molecule has 1 spiro atoms. The Morgan fingerprint density at radius 2 is 1.45 bits per heavy atom. The van der Waals surface area contributed by atoms with E-state index in [1.807, 2.05) is 6.92 Å². The van der Waals surface area contributed by atoms with Crippen molar-refractivity contribution in [2.45, 2.75) is 83.1 Å². The summed E-state index contributed by atoms with van der Waals surface area (Å²) in [5.74, 6) is -5.24. The van der Waals surface area contributed by atoms with Crippen LogP contribution in [0.25, 0.3) is 0 Å². The van der Waals surface area contributed by atoms with Crippen molar-refractivity contribution in [1.82, 2.24) is 4.98 Å². The molecule has 6 rings (SSSR count). The van der Waals surface area contributed by atoms with Crippen molar-refractivity contribution >= 4 is 29.8 Å². The van der Waals surface area contributed by atoms with E-state index in [9.17, 15) is 24.0 Å². The van der Waals surface area contributed by atoms with Crippen LogP contribution in [0.1, 0.15) is 78.5 Å². The van der Waals surface area contributed by atoms with Crippen molar-refractivity contribution < 1.29 is 61.2 Å². The van der Waals surface area contributed by atoms with Crippen molar-refractivity contribution in [2.24, 2.45) is 17.3 Å². The molecule has 0 amide bonds. The second kappa shape index (κ2) is 12.8. The van der Waals surface area contributed by atoms with Gasteiger partial charge in [-0.2, -0.15) is 0 Å². The highest BCUT2D eigenvalue weighted by Gasteiger charge is 2.84. The lowest BCUT2D eigenvalue weighted by atomic mass is 9.47. The van der Waals surface area contributed by atoms with E-state index in [1.165, 1.54) is 69.5 Å². The number of fused-ring (bicyclic) bond motifs is 1. The standard InChI is InChI=1S/C35H37NO13/c1-19-8-9-25(46-31(40)23-10-13-42-16-23)34(18-44-20(2)37)29(48-30(39)22-7-6-12-36-15-22)27(45-21(3)38)26-28(35(19,34)49-33(26,4)5)47-32(41)24-11-14-43-17-24/h6-7,10-17,19,25-29H,8-9,18H2,1-5H3/t19-,25+,26-,27-,28-,29-,34+,35-/m1/s1. The van der Waals surface area contributed by atoms with Crippen LogP contribution >= 0.6 is 0 Å². The number of hydrogen-bond acceptors (Lipinski definition) is 14. The fourth-order valence-corrected chi connectivity index (χ4v) is 8.11. The predicted molar refractivity (Wildman–Crippen MR) is 164 cm³/mol. The van der Waals surface area contributed by atoms with E-state index < -0.39 is 89.3 Å². The second-order valence-corrected chi connectivity index (χ2v) is 13.2. The molecule has 1 aliphatic heterocycles. The third-order valence-electron chi connectivity index (χ3n) is 9.98. The van der Waals surface area contributed by atoms with Gasteiger partial charge < -0.3 is 37.3 Å². The molecule has 14 nitrogen and oxygen atoms in total. The molecule has 1 saturated heterocycles. The smallest absolute Gasteiger partial charge is 0.341 e. The zero-order valence-corrected chi connectivity index (χ0v) is 27.6. The van der Waals surface area contributed by atoms with E-state index in [0.717, 1.165) is 0 Å². The molecule has 2 aliphatic carbocycles. The summed E-state index contributed by atoms with van der Waals surface area (Å²) in [6, 6.07) is 5.91. The van der Waals surface area contributed by atoms with Crippen LogP contribution in [0.15, 0.2) is 70.5 Å². The normalized spacial score (nSPS) is 31.1. The Morgan fingerprint density at radius 3 is 2.02 bits per heavy atom. The first kappa shape index (κ1) is 33.9. The van der Waals surface area contributed by atoms with Gasteiger partial charge in [0.25, 0.3) is 0 Å². The Morgan fingerprint density at radius 1 is 0.816 bits per heavy atom. The third-order valence-corrected chi connectivity index (χ3v) is 9.98. The summed E-state index contributed by atoms with van der Waals surface area (Å²) >= 11 is 0. The van der Waals surface area contributed by atoms with E-state index in [2.05, 4.69) is 4.98 Å². The molecule has 3 fully saturated rings. The molecule has 3 aromatic rings. The van der Waals surface area contributed by atoms with Crippen molar-refractivity contribution in [3.8, 4) is 0 Å². The fourth-order valence-electron chi connectivity index (χ4n) is 8.11. The number of esters is 5. The summed E-state index contributed by atoms with van der Waals surface area (Å²) in [7, 11) is 0. The maximum absolute atomic E-state index is 13.9. The van der Waals surface area contributed by atoms with E-state index in [4.69, 9.17) is 37.3 Å². The van der Waals surface area contributed by atoms with Gasteiger partial charge >= 0.3 is 29.8 Å². The first-order valence-electron chi connectivity index (χ1n) is 15.9. The van der Waals surface area contributed by atoms with Crippen LogP contribution in [0.2, 0.25) is 0 Å². The van der Waals surface area contributed by atoms with Gasteiger partial charge in [-0.1, -0.05) is 6.92 Å². The number of rotatable bonds is 9. The molecule has 2 bridgehead atoms. The molecule has 3 aromatic heterocycles. The summed E-state index contributed by atoms with van der Waals surface area (Å²) < 4.78 is 48.0. The molecule has 3 aliphatic rings. The Hall–Kier alpha value is -4.98. The zero-order chi connectivity index (χ0) is 35.1. The van der Waals surface area contributed by atoms with Gasteiger partial charge in [-0.15, -0.1) is 0 Å². The lowest BCUT2D eigenvalue weighted by Crippen LogP contribution is -2.79. The quantitative estimate of drug-likeness (QED) is 0.230. The van der Waals surface area contributed by atoms with Gasteiger partial charge in [0.15, 0.2) is 6.10 Å². The lowest BCUT2D eigenvalue weighted by Gasteiger charge is -2.63. The van der Waals surface area contributed by atoms with Crippen LogP contribution in [0, 0.1) is 17.3 Å². The minimum atomic E-state index is -1.82. The topological polar surface area (TPSA) is 180 Å². The summed E-state index contributed by atoms with van der Waals surface area (Å²) in [5, 5.41) is 0. The van der Waals surface area contributed by atoms with E-state index in [-0.39, 0.29) is 23.1 Å². The van der Waals surface area contributed by atoms with Gasteiger partial charge in [0.2, 0.25) is 0 Å². The molecule has 0 aromatic carbocycles. The van der Waals surface area contributed by atoms with Crippen molar-refractivity contribution in [3.63, 3.8) is 0 Å². The van der Waals surface area contributed by atoms with Gasteiger partial charge in [-0.25, -0.2) is 14.4 Å². The molecule has 260 valence electrons. The van der Waals surface area contributed by atoms with Crippen LogP contribution < -0.4 is 0 Å². The molecule has 0 unspecified atom stereocenters. The molecular weight excluding hydrogens is 642 g/mol. The molecule has 4 heterocycles. The van der Waals surface area contributed by atoms with Gasteiger partial charge in [-0.3, -0.25) is 14.6 Å². The molecule has 2 saturated carbocycles. The largest absolute Gasteiger partial charge is 0.472 e. The van der Waals surface area contributed by atoms with Crippen molar-refractivity contribution in [2.75, 3.05) is 6.61 Å².